The number of halogens is 1. The van der Waals surface area contributed by atoms with Gasteiger partial charge in [0.05, 0.1) is 13.2 Å². The van der Waals surface area contributed by atoms with Gasteiger partial charge in [0.1, 0.15) is 17.9 Å². The number of carbonyl (C=O) groups is 1. The van der Waals surface area contributed by atoms with Crippen molar-refractivity contribution in [2.24, 2.45) is 0 Å². The van der Waals surface area contributed by atoms with Crippen LogP contribution in [0.5, 0.6) is 5.75 Å². The molecule has 0 unspecified atom stereocenters. The average Bonchev–Trinajstić information content (AvgIpc) is 2.68. The minimum Gasteiger partial charge on any atom is -0.489 e. The van der Waals surface area contributed by atoms with Crippen LogP contribution in [0.3, 0.4) is 0 Å². The lowest BCUT2D eigenvalue weighted by Gasteiger charge is -2.42. The highest BCUT2D eigenvalue weighted by molar-refractivity contribution is 9.10. The predicted octanol–water partition coefficient (Wildman–Crippen LogP) is 5.01. The molecule has 0 aromatic heterocycles. The van der Waals surface area contributed by atoms with Gasteiger partial charge in [-0.1, -0.05) is 46.3 Å². The van der Waals surface area contributed by atoms with Crippen molar-refractivity contribution in [2.75, 3.05) is 13.2 Å². The molecule has 6 heteroatoms. The van der Waals surface area contributed by atoms with Gasteiger partial charge in [-0.15, -0.1) is 0 Å². The average molecular weight is 474 g/mol. The van der Waals surface area contributed by atoms with Gasteiger partial charge in [0.25, 0.3) is 0 Å². The molecule has 1 aliphatic heterocycles. The van der Waals surface area contributed by atoms with Crippen LogP contribution in [0.25, 0.3) is 6.08 Å². The fourth-order valence-electron chi connectivity index (χ4n) is 3.23. The second kappa shape index (κ2) is 9.33. The monoisotopic (exact) mass is 473 g/mol. The van der Waals surface area contributed by atoms with Crippen LogP contribution in [-0.2, 0) is 20.9 Å². The first-order chi connectivity index (χ1) is 14.2. The molecule has 2 aromatic rings. The van der Waals surface area contributed by atoms with Gasteiger partial charge in [-0.05, 0) is 61.7 Å². The molecule has 1 N–H and O–H groups in total. The van der Waals surface area contributed by atoms with E-state index in [2.05, 4.69) is 27.3 Å². The van der Waals surface area contributed by atoms with Gasteiger partial charge in [-0.25, -0.2) is 0 Å². The van der Waals surface area contributed by atoms with Gasteiger partial charge in [0.15, 0.2) is 5.79 Å². The smallest absolute Gasteiger partial charge is 0.217 e. The lowest BCUT2D eigenvalue weighted by molar-refractivity contribution is -0.264. The minimum absolute atomic E-state index is 0.126. The van der Waals surface area contributed by atoms with Crippen molar-refractivity contribution in [3.8, 4) is 5.75 Å². The summed E-state index contributed by atoms with van der Waals surface area (Å²) in [5, 5.41) is 2.97. The van der Waals surface area contributed by atoms with Crippen LogP contribution >= 0.6 is 15.9 Å². The predicted molar refractivity (Wildman–Crippen MR) is 121 cm³/mol. The molecule has 0 spiro atoms. The van der Waals surface area contributed by atoms with E-state index in [1.165, 1.54) is 6.92 Å². The maximum Gasteiger partial charge on any atom is 0.217 e. The van der Waals surface area contributed by atoms with Crippen LogP contribution in [-0.4, -0.2) is 30.4 Å². The first kappa shape index (κ1) is 22.5. The van der Waals surface area contributed by atoms with Crippen molar-refractivity contribution in [1.29, 1.82) is 0 Å². The number of aryl methyl sites for hydroxylation is 1. The molecule has 0 bridgehead atoms. The molecule has 160 valence electrons. The highest BCUT2D eigenvalue weighted by atomic mass is 79.9. The van der Waals surface area contributed by atoms with Crippen LogP contribution in [0.15, 0.2) is 53.0 Å². The van der Waals surface area contributed by atoms with E-state index < -0.39 is 11.3 Å². The number of rotatable bonds is 6. The summed E-state index contributed by atoms with van der Waals surface area (Å²) in [7, 11) is 0. The van der Waals surface area contributed by atoms with E-state index in [1.54, 1.807) is 0 Å². The van der Waals surface area contributed by atoms with Crippen molar-refractivity contribution in [3.05, 3.63) is 69.7 Å². The summed E-state index contributed by atoms with van der Waals surface area (Å²) in [4.78, 5) is 11.7. The van der Waals surface area contributed by atoms with Crippen molar-refractivity contribution in [1.82, 2.24) is 5.32 Å². The molecule has 30 heavy (non-hydrogen) atoms. The lowest BCUT2D eigenvalue weighted by atomic mass is 9.97. The van der Waals surface area contributed by atoms with E-state index in [0.717, 1.165) is 26.9 Å². The summed E-state index contributed by atoms with van der Waals surface area (Å²) in [5.74, 6) is 0.0634. The number of amides is 1. The molecule has 3 rings (SSSR count). The van der Waals surface area contributed by atoms with Crippen LogP contribution < -0.4 is 10.1 Å². The molecule has 5 nitrogen and oxygen atoms in total. The third kappa shape index (κ3) is 6.17. The van der Waals surface area contributed by atoms with E-state index in [1.807, 2.05) is 69.3 Å². The molecule has 1 aliphatic rings. The van der Waals surface area contributed by atoms with Crippen LogP contribution in [0.4, 0.5) is 0 Å². The standard InChI is InChI=1S/C24H28BrNO4/c1-17-12-19(8-9-22(17)28-14-20-6-5-7-21(25)13-20)10-11-24(26-18(2)27)15-29-23(3,4)30-16-24/h5-13H,14-16H2,1-4H3,(H,26,27)/b11-10+. The Kier molecular flexibility index (Phi) is 7.01. The lowest BCUT2D eigenvalue weighted by Crippen LogP contribution is -2.59. The molecule has 0 saturated carbocycles. The Bertz CT molecular complexity index is 929. The third-order valence-electron chi connectivity index (χ3n) is 4.86. The topological polar surface area (TPSA) is 56.8 Å². The SMILES string of the molecule is CC(=O)NC1(/C=C/c2ccc(OCc3cccc(Br)c3)c(C)c2)COC(C)(C)OC1. The summed E-state index contributed by atoms with van der Waals surface area (Å²) < 4.78 is 18.6. The first-order valence-electron chi connectivity index (χ1n) is 9.90. The van der Waals surface area contributed by atoms with Crippen LogP contribution in [0.2, 0.25) is 0 Å². The summed E-state index contributed by atoms with van der Waals surface area (Å²) in [6, 6.07) is 14.1. The number of nitrogens with one attached hydrogen (secondary N) is 1. The molecule has 0 aliphatic carbocycles. The number of hydrogen-bond donors (Lipinski definition) is 1. The Morgan fingerprint density at radius 2 is 1.93 bits per heavy atom. The van der Waals surface area contributed by atoms with Crippen molar-refractivity contribution in [3.63, 3.8) is 0 Å². The Balaban J connectivity index is 1.70. The van der Waals surface area contributed by atoms with Gasteiger partial charge >= 0.3 is 0 Å². The van der Waals surface area contributed by atoms with Gasteiger partial charge in [0.2, 0.25) is 5.91 Å². The Morgan fingerprint density at radius 1 is 1.20 bits per heavy atom. The normalized spacial score (nSPS) is 17.6. The Hall–Kier alpha value is -2.15. The van der Waals surface area contributed by atoms with Crippen molar-refractivity contribution >= 4 is 27.9 Å². The van der Waals surface area contributed by atoms with Gasteiger partial charge in [0, 0.05) is 11.4 Å². The van der Waals surface area contributed by atoms with E-state index in [4.69, 9.17) is 14.2 Å². The van der Waals surface area contributed by atoms with Crippen LogP contribution in [0.1, 0.15) is 37.5 Å². The highest BCUT2D eigenvalue weighted by Gasteiger charge is 2.38. The molecule has 1 heterocycles. The third-order valence-corrected chi connectivity index (χ3v) is 5.35. The van der Waals surface area contributed by atoms with E-state index >= 15 is 0 Å². The van der Waals surface area contributed by atoms with E-state index in [9.17, 15) is 4.79 Å². The number of ether oxygens (including phenoxy) is 3. The molecular weight excluding hydrogens is 446 g/mol. The minimum atomic E-state index is -0.689. The number of hydrogen-bond acceptors (Lipinski definition) is 4. The fraction of sp³-hybridized carbons (Fsp3) is 0.375. The maximum atomic E-state index is 11.7. The zero-order valence-electron chi connectivity index (χ0n) is 17.8. The zero-order chi connectivity index (χ0) is 21.8. The highest BCUT2D eigenvalue weighted by Crippen LogP contribution is 2.26. The molecule has 1 saturated heterocycles. The van der Waals surface area contributed by atoms with E-state index in [0.29, 0.717) is 19.8 Å². The molecule has 0 atom stereocenters. The zero-order valence-corrected chi connectivity index (χ0v) is 19.4. The second-order valence-corrected chi connectivity index (χ2v) is 9.01. The number of carbonyl (C=O) groups excluding carboxylic acids is 1. The van der Waals surface area contributed by atoms with Crippen molar-refractivity contribution in [2.45, 2.75) is 45.6 Å². The van der Waals surface area contributed by atoms with Crippen molar-refractivity contribution < 1.29 is 19.0 Å². The Morgan fingerprint density at radius 3 is 2.57 bits per heavy atom. The Labute approximate surface area is 186 Å². The summed E-state index contributed by atoms with van der Waals surface area (Å²) in [6.07, 6.45) is 3.92. The maximum absolute atomic E-state index is 11.7. The fourth-order valence-corrected chi connectivity index (χ4v) is 3.68. The largest absolute Gasteiger partial charge is 0.489 e. The molecule has 1 fully saturated rings. The summed E-state index contributed by atoms with van der Waals surface area (Å²) in [6.45, 7) is 8.45. The van der Waals surface area contributed by atoms with E-state index in [-0.39, 0.29) is 5.91 Å². The first-order valence-corrected chi connectivity index (χ1v) is 10.7. The van der Waals surface area contributed by atoms with Crippen LogP contribution in [0, 0.1) is 6.92 Å². The second-order valence-electron chi connectivity index (χ2n) is 8.09. The van der Waals surface area contributed by atoms with Gasteiger partial charge in [-0.3, -0.25) is 4.79 Å². The number of benzene rings is 2. The molecular formula is C24H28BrNO4. The quantitative estimate of drug-likeness (QED) is 0.640. The summed E-state index contributed by atoms with van der Waals surface area (Å²) >= 11 is 3.48. The molecule has 1 amide bonds. The molecule has 2 aromatic carbocycles. The summed E-state index contributed by atoms with van der Waals surface area (Å²) in [5.41, 5.74) is 2.46. The molecule has 0 radical (unpaired) electrons. The van der Waals surface area contributed by atoms with Gasteiger partial charge < -0.3 is 19.5 Å². The van der Waals surface area contributed by atoms with Gasteiger partial charge in [-0.2, -0.15) is 0 Å².